The largest absolute Gasteiger partial charge is 0.462 e. The maximum atomic E-state index is 14.8. The molecule has 0 heterocycles. The van der Waals surface area contributed by atoms with Crippen LogP contribution in [0.3, 0.4) is 0 Å². The van der Waals surface area contributed by atoms with Crippen molar-refractivity contribution >= 4 is 33.5 Å². The summed E-state index contributed by atoms with van der Waals surface area (Å²) < 4.78 is 39.7. The Bertz CT molecular complexity index is 1210. The molecule has 4 nitrogen and oxygen atoms in total. The van der Waals surface area contributed by atoms with Crippen molar-refractivity contribution in [3.05, 3.63) is 77.9 Å². The molecule has 0 atom stereocenters. The zero-order chi connectivity index (χ0) is 22.0. The molecule has 0 unspecified atom stereocenters. The van der Waals surface area contributed by atoms with Crippen LogP contribution in [0.2, 0.25) is 0 Å². The van der Waals surface area contributed by atoms with Crippen LogP contribution in [0, 0.1) is 11.6 Å². The minimum Gasteiger partial charge on any atom is -0.462 e. The van der Waals surface area contributed by atoms with E-state index in [1.807, 2.05) is 0 Å². The van der Waals surface area contributed by atoms with Crippen LogP contribution >= 0.6 is 0 Å². The molecule has 0 aliphatic rings. The van der Waals surface area contributed by atoms with E-state index in [2.05, 4.69) is 13.2 Å². The molecule has 0 aliphatic carbocycles. The summed E-state index contributed by atoms with van der Waals surface area (Å²) in [6.45, 7) is 10.1. The number of benzene rings is 3. The summed E-state index contributed by atoms with van der Waals surface area (Å²) in [7, 11) is 0. The molecule has 0 amide bonds. The van der Waals surface area contributed by atoms with Gasteiger partial charge in [-0.1, -0.05) is 25.3 Å². The lowest BCUT2D eigenvalue weighted by atomic mass is 9.98. The molecule has 3 aromatic carbocycles. The predicted octanol–water partition coefficient (Wildman–Crippen LogP) is 5.41. The Morgan fingerprint density at radius 1 is 0.833 bits per heavy atom. The predicted molar refractivity (Wildman–Crippen MR) is 111 cm³/mol. The molecule has 0 aromatic heterocycles. The Morgan fingerprint density at radius 2 is 1.40 bits per heavy atom. The van der Waals surface area contributed by atoms with E-state index in [1.54, 1.807) is 25.1 Å². The average molecular weight is 410 g/mol. The van der Waals surface area contributed by atoms with Gasteiger partial charge in [0.1, 0.15) is 5.75 Å². The summed E-state index contributed by atoms with van der Waals surface area (Å²) in [5.41, 5.74) is 1.18. The van der Waals surface area contributed by atoms with Crippen molar-refractivity contribution in [3.63, 3.8) is 0 Å². The van der Waals surface area contributed by atoms with Crippen molar-refractivity contribution in [3.8, 4) is 5.75 Å². The lowest BCUT2D eigenvalue weighted by Crippen LogP contribution is -2.08. The maximum Gasteiger partial charge on any atom is 0.338 e. The third-order valence-corrected chi connectivity index (χ3v) is 4.56. The first-order valence-electron chi connectivity index (χ1n) is 9.22. The summed E-state index contributed by atoms with van der Waals surface area (Å²) in [5, 5.41) is 1.13. The Morgan fingerprint density at radius 3 is 2.00 bits per heavy atom. The lowest BCUT2D eigenvalue weighted by Gasteiger charge is -2.11. The SMILES string of the molecule is C=C(C)C(=O)OCCc1ccc2c(c1)c(F)c(F)c1cc(OC(=O)C(=C)C)ccc12. The van der Waals surface area contributed by atoms with Gasteiger partial charge in [0.05, 0.1) is 6.61 Å². The molecule has 154 valence electrons. The van der Waals surface area contributed by atoms with Gasteiger partial charge in [0.25, 0.3) is 0 Å². The highest BCUT2D eigenvalue weighted by Gasteiger charge is 2.17. The van der Waals surface area contributed by atoms with E-state index in [0.29, 0.717) is 28.3 Å². The van der Waals surface area contributed by atoms with Crippen LogP contribution < -0.4 is 4.74 Å². The number of halogens is 2. The molecule has 0 saturated heterocycles. The van der Waals surface area contributed by atoms with E-state index in [9.17, 15) is 18.4 Å². The van der Waals surface area contributed by atoms with E-state index in [4.69, 9.17) is 9.47 Å². The van der Waals surface area contributed by atoms with Crippen molar-refractivity contribution in [2.45, 2.75) is 20.3 Å². The van der Waals surface area contributed by atoms with Gasteiger partial charge in [-0.05, 0) is 54.4 Å². The third kappa shape index (κ3) is 4.22. The van der Waals surface area contributed by atoms with Gasteiger partial charge in [0, 0.05) is 28.3 Å². The molecule has 0 bridgehead atoms. The smallest absolute Gasteiger partial charge is 0.338 e. The van der Waals surface area contributed by atoms with Crippen LogP contribution in [-0.2, 0) is 20.7 Å². The molecule has 0 N–H and O–H groups in total. The number of rotatable bonds is 6. The zero-order valence-electron chi connectivity index (χ0n) is 16.7. The molecule has 0 spiro atoms. The topological polar surface area (TPSA) is 52.6 Å². The van der Waals surface area contributed by atoms with E-state index in [1.165, 1.54) is 25.1 Å². The number of esters is 2. The summed E-state index contributed by atoms with van der Waals surface area (Å²) in [6, 6.07) is 9.38. The van der Waals surface area contributed by atoms with E-state index >= 15 is 0 Å². The van der Waals surface area contributed by atoms with Gasteiger partial charge in [-0.2, -0.15) is 0 Å². The van der Waals surface area contributed by atoms with Crippen LogP contribution in [0.4, 0.5) is 8.78 Å². The first-order valence-corrected chi connectivity index (χ1v) is 9.22. The van der Waals surface area contributed by atoms with Crippen LogP contribution in [0.25, 0.3) is 21.5 Å². The summed E-state index contributed by atoms with van der Waals surface area (Å²) >= 11 is 0. The summed E-state index contributed by atoms with van der Waals surface area (Å²) in [6.07, 6.45) is 0.351. The van der Waals surface area contributed by atoms with Crippen molar-refractivity contribution < 1.29 is 27.8 Å². The summed E-state index contributed by atoms with van der Waals surface area (Å²) in [5.74, 6) is -3.07. The Kier molecular flexibility index (Phi) is 5.96. The molecular formula is C24H20F2O4. The molecule has 30 heavy (non-hydrogen) atoms. The highest BCUT2D eigenvalue weighted by molar-refractivity contribution is 6.08. The molecule has 3 rings (SSSR count). The second kappa shape index (κ2) is 8.45. The first-order chi connectivity index (χ1) is 14.2. The Balaban J connectivity index is 1.97. The van der Waals surface area contributed by atoms with Gasteiger partial charge in [-0.25, -0.2) is 18.4 Å². The zero-order valence-corrected chi connectivity index (χ0v) is 16.7. The molecule has 0 aliphatic heterocycles. The standard InChI is InChI=1S/C24H20F2O4/c1-13(2)23(27)29-10-9-15-5-7-17-18-8-6-16(30-24(28)14(3)4)12-20(18)22(26)21(25)19(17)11-15/h5-8,11-12H,1,3,9-10H2,2,4H3. The molecule has 0 fully saturated rings. The van der Waals surface area contributed by atoms with Crippen molar-refractivity contribution in [1.82, 2.24) is 0 Å². The second-order valence-corrected chi connectivity index (χ2v) is 7.05. The van der Waals surface area contributed by atoms with Crippen molar-refractivity contribution in [1.29, 1.82) is 0 Å². The number of carbonyl (C=O) groups is 2. The fourth-order valence-corrected chi connectivity index (χ4v) is 2.98. The number of carbonyl (C=O) groups excluding carboxylic acids is 2. The third-order valence-electron chi connectivity index (χ3n) is 4.56. The van der Waals surface area contributed by atoms with Crippen molar-refractivity contribution in [2.24, 2.45) is 0 Å². The Labute approximate surface area is 172 Å². The van der Waals surface area contributed by atoms with Gasteiger partial charge < -0.3 is 9.47 Å². The molecule has 0 radical (unpaired) electrons. The minimum atomic E-state index is -1.03. The second-order valence-electron chi connectivity index (χ2n) is 7.05. The van der Waals surface area contributed by atoms with Crippen LogP contribution in [0.15, 0.2) is 60.7 Å². The maximum absolute atomic E-state index is 14.8. The van der Waals surface area contributed by atoms with Crippen molar-refractivity contribution in [2.75, 3.05) is 6.61 Å². The number of hydrogen-bond acceptors (Lipinski definition) is 4. The first kappa shape index (κ1) is 21.2. The van der Waals surface area contributed by atoms with Gasteiger partial charge in [-0.15, -0.1) is 0 Å². The molecule has 3 aromatic rings. The van der Waals surface area contributed by atoms with Crippen LogP contribution in [0.5, 0.6) is 5.75 Å². The van der Waals surface area contributed by atoms with E-state index in [-0.39, 0.29) is 28.7 Å². The summed E-state index contributed by atoms with van der Waals surface area (Å²) in [4.78, 5) is 23.1. The molecule has 0 saturated carbocycles. The normalized spacial score (nSPS) is 10.8. The number of fused-ring (bicyclic) bond motifs is 3. The van der Waals surface area contributed by atoms with Gasteiger partial charge in [-0.3, -0.25) is 0 Å². The van der Waals surface area contributed by atoms with E-state index < -0.39 is 23.6 Å². The minimum absolute atomic E-state index is 0.00940. The molecular weight excluding hydrogens is 390 g/mol. The molecule has 6 heteroatoms. The monoisotopic (exact) mass is 410 g/mol. The lowest BCUT2D eigenvalue weighted by molar-refractivity contribution is -0.138. The highest BCUT2D eigenvalue weighted by Crippen LogP contribution is 2.34. The van der Waals surface area contributed by atoms with Gasteiger partial charge >= 0.3 is 11.9 Å². The van der Waals surface area contributed by atoms with Gasteiger partial charge in [0.15, 0.2) is 11.6 Å². The number of hydrogen-bond donors (Lipinski definition) is 0. The van der Waals surface area contributed by atoms with Crippen LogP contribution in [-0.4, -0.2) is 18.5 Å². The Hall–Kier alpha value is -3.54. The quantitative estimate of drug-likeness (QED) is 0.236. The highest BCUT2D eigenvalue weighted by atomic mass is 19.2. The fourth-order valence-electron chi connectivity index (χ4n) is 2.98. The number of ether oxygens (including phenoxy) is 2. The van der Waals surface area contributed by atoms with Gasteiger partial charge in [0.2, 0.25) is 0 Å². The van der Waals surface area contributed by atoms with Crippen LogP contribution in [0.1, 0.15) is 19.4 Å². The fraction of sp³-hybridized carbons (Fsp3) is 0.167. The van der Waals surface area contributed by atoms with E-state index in [0.717, 1.165) is 0 Å². The average Bonchev–Trinajstić information content (AvgIpc) is 2.71.